The second-order valence-corrected chi connectivity index (χ2v) is 3.17. The highest BCUT2D eigenvalue weighted by molar-refractivity contribution is 5.70. The molecule has 17 heavy (non-hydrogen) atoms. The van der Waals surface area contributed by atoms with Crippen LogP contribution in [0.15, 0.2) is 17.1 Å². The number of nitrogens with zero attached hydrogens (tertiary/aromatic N) is 2. The van der Waals surface area contributed by atoms with Gasteiger partial charge >= 0.3 is 11.8 Å². The van der Waals surface area contributed by atoms with Crippen molar-refractivity contribution in [3.05, 3.63) is 22.7 Å². The summed E-state index contributed by atoms with van der Waals surface area (Å²) in [5, 5.41) is 0. The van der Waals surface area contributed by atoms with E-state index in [2.05, 4.69) is 4.98 Å². The van der Waals surface area contributed by atoms with Gasteiger partial charge in [-0.2, -0.15) is 4.98 Å². The van der Waals surface area contributed by atoms with E-state index in [0.717, 1.165) is 4.57 Å². The van der Waals surface area contributed by atoms with Crippen LogP contribution in [0.25, 0.3) is 0 Å². The number of ether oxygens (including phenoxy) is 2. The monoisotopic (exact) mass is 241 g/mol. The molecule has 0 unspecified atom stereocenters. The molecule has 1 aromatic rings. The van der Waals surface area contributed by atoms with Crippen molar-refractivity contribution in [1.29, 1.82) is 0 Å². The van der Waals surface area contributed by atoms with Crippen molar-refractivity contribution in [3.63, 3.8) is 0 Å². The summed E-state index contributed by atoms with van der Waals surface area (Å²) in [6.07, 6.45) is 1.05. The molecule has 0 saturated carbocycles. The predicted molar refractivity (Wildman–Crippen MR) is 60.8 cm³/mol. The van der Waals surface area contributed by atoms with E-state index in [1.807, 2.05) is 6.92 Å². The molecule has 0 amide bonds. The van der Waals surface area contributed by atoms with E-state index in [4.69, 9.17) is 15.2 Å². The zero-order valence-corrected chi connectivity index (χ0v) is 9.59. The van der Waals surface area contributed by atoms with Crippen molar-refractivity contribution in [3.8, 4) is 0 Å². The Kier molecular flexibility index (Phi) is 5.15. The summed E-state index contributed by atoms with van der Waals surface area (Å²) in [5.74, 6) is 0.0652. The molecule has 0 aliphatic rings. The Morgan fingerprint density at radius 2 is 2.29 bits per heavy atom. The summed E-state index contributed by atoms with van der Waals surface area (Å²) in [7, 11) is 0. The molecule has 94 valence electrons. The highest BCUT2D eigenvalue weighted by Gasteiger charge is 2.08. The summed E-state index contributed by atoms with van der Waals surface area (Å²) in [4.78, 5) is 26.1. The summed E-state index contributed by atoms with van der Waals surface area (Å²) in [6.45, 7) is 3.20. The Balaban J connectivity index is 2.45. The molecule has 0 atom stereocenters. The summed E-state index contributed by atoms with van der Waals surface area (Å²) >= 11 is 0. The van der Waals surface area contributed by atoms with E-state index in [1.54, 1.807) is 0 Å². The molecule has 0 aliphatic carbocycles. The standard InChI is InChI=1S/C10H15N3O4/c1-2-16-6-3-7-17-10(15)13-5-4-8(11)12-9(13)14/h4-5H,2-3,6-7H2,1H3,(H2,11,12,14). The van der Waals surface area contributed by atoms with Gasteiger partial charge < -0.3 is 15.2 Å². The Bertz CT molecular complexity index is 430. The lowest BCUT2D eigenvalue weighted by Crippen LogP contribution is -2.30. The molecule has 0 spiro atoms. The predicted octanol–water partition coefficient (Wildman–Crippen LogP) is 0.237. The van der Waals surface area contributed by atoms with Gasteiger partial charge in [-0.1, -0.05) is 0 Å². The number of anilines is 1. The molecule has 0 fully saturated rings. The molecule has 1 aromatic heterocycles. The van der Waals surface area contributed by atoms with Gasteiger partial charge in [0.2, 0.25) is 0 Å². The summed E-state index contributed by atoms with van der Waals surface area (Å²) in [6, 6.07) is 1.35. The Hall–Kier alpha value is -1.89. The zero-order valence-electron chi connectivity index (χ0n) is 9.59. The normalized spacial score (nSPS) is 10.2. The highest BCUT2D eigenvalue weighted by atomic mass is 16.6. The average molecular weight is 241 g/mol. The molecule has 1 rings (SSSR count). The van der Waals surface area contributed by atoms with Gasteiger partial charge in [-0.05, 0) is 13.0 Å². The number of carbonyl (C=O) groups excluding carboxylic acids is 1. The van der Waals surface area contributed by atoms with E-state index in [1.165, 1.54) is 12.3 Å². The lowest BCUT2D eigenvalue weighted by molar-refractivity contribution is 0.107. The molecule has 1 heterocycles. The molecule has 2 N–H and O–H groups in total. The van der Waals surface area contributed by atoms with Crippen molar-refractivity contribution < 1.29 is 14.3 Å². The molecule has 0 aliphatic heterocycles. The smallest absolute Gasteiger partial charge is 0.422 e. The van der Waals surface area contributed by atoms with Crippen molar-refractivity contribution in [1.82, 2.24) is 9.55 Å². The number of rotatable bonds is 5. The van der Waals surface area contributed by atoms with Gasteiger partial charge in [0.1, 0.15) is 5.82 Å². The first-order chi connectivity index (χ1) is 8.15. The van der Waals surface area contributed by atoms with Crippen LogP contribution < -0.4 is 11.4 Å². The first-order valence-corrected chi connectivity index (χ1v) is 5.25. The third kappa shape index (κ3) is 4.23. The average Bonchev–Trinajstić information content (AvgIpc) is 2.28. The Morgan fingerprint density at radius 3 is 2.94 bits per heavy atom. The van der Waals surface area contributed by atoms with Crippen LogP contribution in [-0.2, 0) is 9.47 Å². The maximum Gasteiger partial charge on any atom is 0.422 e. The van der Waals surface area contributed by atoms with Crippen LogP contribution in [0.1, 0.15) is 13.3 Å². The number of nitrogens with two attached hydrogens (primary N) is 1. The van der Waals surface area contributed by atoms with Gasteiger partial charge in [-0.3, -0.25) is 0 Å². The SMILES string of the molecule is CCOCCCOC(=O)n1ccc(N)nc1=O. The third-order valence-corrected chi connectivity index (χ3v) is 1.88. The maximum absolute atomic E-state index is 11.4. The molecule has 0 saturated heterocycles. The first-order valence-electron chi connectivity index (χ1n) is 5.25. The minimum atomic E-state index is -0.765. The van der Waals surface area contributed by atoms with Gasteiger partial charge in [0.05, 0.1) is 6.61 Å². The number of nitrogen functional groups attached to an aromatic ring is 1. The second-order valence-electron chi connectivity index (χ2n) is 3.17. The van der Waals surface area contributed by atoms with E-state index < -0.39 is 11.8 Å². The van der Waals surface area contributed by atoms with Crippen molar-refractivity contribution in [2.24, 2.45) is 0 Å². The quantitative estimate of drug-likeness (QED) is 0.741. The summed E-state index contributed by atoms with van der Waals surface area (Å²) in [5.41, 5.74) is 4.54. The van der Waals surface area contributed by atoms with Crippen LogP contribution in [0.3, 0.4) is 0 Å². The van der Waals surface area contributed by atoms with Gasteiger partial charge in [0, 0.05) is 25.8 Å². The van der Waals surface area contributed by atoms with E-state index >= 15 is 0 Å². The molecule has 0 aromatic carbocycles. The molecule has 7 heteroatoms. The molecule has 0 bridgehead atoms. The van der Waals surface area contributed by atoms with Gasteiger partial charge in [0.25, 0.3) is 0 Å². The summed E-state index contributed by atoms with van der Waals surface area (Å²) < 4.78 is 10.7. The van der Waals surface area contributed by atoms with Crippen LogP contribution in [0, 0.1) is 0 Å². The number of hydrogen-bond acceptors (Lipinski definition) is 6. The van der Waals surface area contributed by atoms with Gasteiger partial charge in [0.15, 0.2) is 0 Å². The third-order valence-electron chi connectivity index (χ3n) is 1.88. The fourth-order valence-corrected chi connectivity index (χ4v) is 1.09. The first kappa shape index (κ1) is 13.2. The van der Waals surface area contributed by atoms with Crippen LogP contribution in [0.5, 0.6) is 0 Å². The van der Waals surface area contributed by atoms with Crippen molar-refractivity contribution >= 4 is 11.9 Å². The zero-order chi connectivity index (χ0) is 12.7. The van der Waals surface area contributed by atoms with E-state index in [0.29, 0.717) is 19.6 Å². The minimum absolute atomic E-state index is 0.0652. The van der Waals surface area contributed by atoms with E-state index in [9.17, 15) is 9.59 Å². The van der Waals surface area contributed by atoms with Crippen molar-refractivity contribution in [2.75, 3.05) is 25.6 Å². The fraction of sp³-hybridized carbons (Fsp3) is 0.500. The van der Waals surface area contributed by atoms with Crippen LogP contribution in [-0.4, -0.2) is 35.5 Å². The molecule has 7 nitrogen and oxygen atoms in total. The largest absolute Gasteiger partial charge is 0.449 e. The number of carbonyl (C=O) groups is 1. The number of aromatic nitrogens is 2. The Morgan fingerprint density at radius 1 is 1.53 bits per heavy atom. The topological polar surface area (TPSA) is 96.4 Å². The Labute approximate surface area is 98.2 Å². The molecule has 0 radical (unpaired) electrons. The highest BCUT2D eigenvalue weighted by Crippen LogP contribution is 1.93. The van der Waals surface area contributed by atoms with Crippen molar-refractivity contribution in [2.45, 2.75) is 13.3 Å². The van der Waals surface area contributed by atoms with Gasteiger partial charge in [-0.15, -0.1) is 0 Å². The van der Waals surface area contributed by atoms with Gasteiger partial charge in [-0.25, -0.2) is 14.2 Å². The van der Waals surface area contributed by atoms with Crippen LogP contribution in [0.2, 0.25) is 0 Å². The maximum atomic E-state index is 11.4. The number of hydrogen-bond donors (Lipinski definition) is 1. The van der Waals surface area contributed by atoms with Crippen LogP contribution >= 0.6 is 0 Å². The van der Waals surface area contributed by atoms with Crippen LogP contribution in [0.4, 0.5) is 10.6 Å². The fourth-order valence-electron chi connectivity index (χ4n) is 1.09. The lowest BCUT2D eigenvalue weighted by Gasteiger charge is -2.06. The second kappa shape index (κ2) is 6.64. The minimum Gasteiger partial charge on any atom is -0.449 e. The lowest BCUT2D eigenvalue weighted by atomic mass is 10.5. The van der Waals surface area contributed by atoms with E-state index in [-0.39, 0.29) is 12.4 Å². The molecular formula is C10H15N3O4. The molecular weight excluding hydrogens is 226 g/mol.